The summed E-state index contributed by atoms with van der Waals surface area (Å²) in [5.74, 6) is -0.743. The van der Waals surface area contributed by atoms with Crippen LogP contribution in [0.2, 0.25) is 5.02 Å². The third-order valence-electron chi connectivity index (χ3n) is 4.27. The van der Waals surface area contributed by atoms with Gasteiger partial charge in [-0.2, -0.15) is 0 Å². The van der Waals surface area contributed by atoms with Crippen LogP contribution in [0.4, 0.5) is 0 Å². The smallest absolute Gasteiger partial charge is 0.335 e. The summed E-state index contributed by atoms with van der Waals surface area (Å²) < 4.78 is 0. The van der Waals surface area contributed by atoms with Crippen LogP contribution in [-0.2, 0) is 6.42 Å². The summed E-state index contributed by atoms with van der Waals surface area (Å²) in [4.78, 5) is 29.8. The Kier molecular flexibility index (Phi) is 5.34. The molecule has 0 bridgehead atoms. The van der Waals surface area contributed by atoms with E-state index in [1.54, 1.807) is 4.90 Å². The van der Waals surface area contributed by atoms with Gasteiger partial charge in [0, 0.05) is 24.3 Å². The number of nitrogens with zero attached hydrogens (tertiary/aromatic N) is 2. The molecule has 5 nitrogen and oxygen atoms in total. The maximum atomic E-state index is 12.8. The monoisotopic (exact) mass is 358 g/mol. The van der Waals surface area contributed by atoms with E-state index in [2.05, 4.69) is 4.98 Å². The van der Waals surface area contributed by atoms with E-state index >= 15 is 0 Å². The second kappa shape index (κ2) is 7.66. The Balaban J connectivity index is 1.72. The van der Waals surface area contributed by atoms with E-state index in [0.29, 0.717) is 30.5 Å². The molecule has 1 fully saturated rings. The second-order valence-corrected chi connectivity index (χ2v) is 6.74. The standard InChI is InChI=1S/C19H19ClN2O3/c20-16-5-3-13(4-6-16)8-10-22(12-14-1-2-14)18(23)17-11-15(19(24)25)7-9-21-17/h3-7,9,11,14H,1-2,8,10,12H2,(H,24,25). The highest BCUT2D eigenvalue weighted by Crippen LogP contribution is 2.30. The molecule has 1 heterocycles. The third kappa shape index (κ3) is 4.79. The Hall–Kier alpha value is -2.40. The molecule has 0 unspecified atom stereocenters. The Morgan fingerprint density at radius 3 is 2.56 bits per heavy atom. The predicted octanol–water partition coefficient (Wildman–Crippen LogP) is 3.53. The number of halogens is 1. The number of carbonyl (C=O) groups is 2. The second-order valence-electron chi connectivity index (χ2n) is 6.31. The first-order chi connectivity index (χ1) is 12.0. The number of carbonyl (C=O) groups excluding carboxylic acids is 1. The molecule has 1 aliphatic carbocycles. The van der Waals surface area contributed by atoms with Gasteiger partial charge in [-0.15, -0.1) is 0 Å². The quantitative estimate of drug-likeness (QED) is 0.822. The van der Waals surface area contributed by atoms with Crippen molar-refractivity contribution in [3.8, 4) is 0 Å². The lowest BCUT2D eigenvalue weighted by molar-refractivity contribution is 0.0696. The molecule has 25 heavy (non-hydrogen) atoms. The number of rotatable bonds is 7. The maximum Gasteiger partial charge on any atom is 0.335 e. The Morgan fingerprint density at radius 2 is 1.92 bits per heavy atom. The van der Waals surface area contributed by atoms with Gasteiger partial charge in [-0.05, 0) is 55.0 Å². The van der Waals surface area contributed by atoms with Crippen LogP contribution >= 0.6 is 11.6 Å². The predicted molar refractivity (Wildman–Crippen MR) is 95.0 cm³/mol. The zero-order valence-corrected chi connectivity index (χ0v) is 14.4. The minimum absolute atomic E-state index is 0.0717. The SMILES string of the molecule is O=C(O)c1ccnc(C(=O)N(CCc2ccc(Cl)cc2)CC2CC2)c1. The summed E-state index contributed by atoms with van der Waals surface area (Å²) in [6.07, 6.45) is 4.35. The molecule has 1 aromatic heterocycles. The van der Waals surface area contributed by atoms with Crippen molar-refractivity contribution in [3.05, 3.63) is 64.4 Å². The van der Waals surface area contributed by atoms with Gasteiger partial charge >= 0.3 is 5.97 Å². The third-order valence-corrected chi connectivity index (χ3v) is 4.52. The van der Waals surface area contributed by atoms with Crippen molar-refractivity contribution in [1.29, 1.82) is 0 Å². The fourth-order valence-electron chi connectivity index (χ4n) is 2.65. The minimum Gasteiger partial charge on any atom is -0.478 e. The largest absolute Gasteiger partial charge is 0.478 e. The minimum atomic E-state index is -1.06. The molecule has 0 saturated heterocycles. The Bertz CT molecular complexity index is 772. The maximum absolute atomic E-state index is 12.8. The fraction of sp³-hybridized carbons (Fsp3) is 0.316. The first-order valence-corrected chi connectivity index (χ1v) is 8.64. The van der Waals surface area contributed by atoms with E-state index in [1.165, 1.54) is 18.3 Å². The Labute approximate surface area is 151 Å². The molecule has 3 rings (SSSR count). The highest BCUT2D eigenvalue weighted by atomic mass is 35.5. The van der Waals surface area contributed by atoms with E-state index < -0.39 is 5.97 Å². The molecular weight excluding hydrogens is 340 g/mol. The number of hydrogen-bond donors (Lipinski definition) is 1. The number of hydrogen-bond acceptors (Lipinski definition) is 3. The highest BCUT2D eigenvalue weighted by Gasteiger charge is 2.28. The molecule has 1 aliphatic rings. The van der Waals surface area contributed by atoms with Crippen LogP contribution in [0.15, 0.2) is 42.6 Å². The summed E-state index contributed by atoms with van der Waals surface area (Å²) in [5.41, 5.74) is 1.35. The molecule has 1 amide bonds. The van der Waals surface area contributed by atoms with E-state index in [9.17, 15) is 9.59 Å². The summed E-state index contributed by atoms with van der Waals surface area (Å²) in [5, 5.41) is 9.78. The van der Waals surface area contributed by atoms with Crippen molar-refractivity contribution in [3.63, 3.8) is 0 Å². The Morgan fingerprint density at radius 1 is 1.20 bits per heavy atom. The number of amides is 1. The van der Waals surface area contributed by atoms with Crippen molar-refractivity contribution in [1.82, 2.24) is 9.88 Å². The molecule has 6 heteroatoms. The van der Waals surface area contributed by atoms with E-state index in [-0.39, 0.29) is 17.2 Å². The lowest BCUT2D eigenvalue weighted by Crippen LogP contribution is -2.35. The van der Waals surface area contributed by atoms with E-state index in [4.69, 9.17) is 16.7 Å². The first kappa shape index (κ1) is 17.4. The van der Waals surface area contributed by atoms with Crippen LogP contribution in [0.5, 0.6) is 0 Å². The van der Waals surface area contributed by atoms with Crippen LogP contribution in [-0.4, -0.2) is 40.0 Å². The lowest BCUT2D eigenvalue weighted by atomic mass is 10.1. The molecule has 130 valence electrons. The first-order valence-electron chi connectivity index (χ1n) is 8.26. The summed E-state index contributed by atoms with van der Waals surface area (Å²) >= 11 is 5.90. The number of carboxylic acid groups (broad SMARTS) is 1. The highest BCUT2D eigenvalue weighted by molar-refractivity contribution is 6.30. The summed E-state index contributed by atoms with van der Waals surface area (Å²) in [7, 11) is 0. The lowest BCUT2D eigenvalue weighted by Gasteiger charge is -2.22. The molecular formula is C19H19ClN2O3. The fourth-order valence-corrected chi connectivity index (χ4v) is 2.77. The van der Waals surface area contributed by atoms with Gasteiger partial charge in [-0.3, -0.25) is 9.78 Å². The van der Waals surface area contributed by atoms with Crippen molar-refractivity contribution < 1.29 is 14.7 Å². The van der Waals surface area contributed by atoms with Crippen LogP contribution in [0, 0.1) is 5.92 Å². The average Bonchev–Trinajstić information content (AvgIpc) is 3.43. The molecule has 1 N–H and O–H groups in total. The van der Waals surface area contributed by atoms with Gasteiger partial charge in [0.05, 0.1) is 5.56 Å². The van der Waals surface area contributed by atoms with Crippen LogP contribution < -0.4 is 0 Å². The van der Waals surface area contributed by atoms with Gasteiger partial charge in [0.15, 0.2) is 0 Å². The van der Waals surface area contributed by atoms with Gasteiger partial charge in [0.25, 0.3) is 5.91 Å². The number of aromatic carboxylic acids is 1. The van der Waals surface area contributed by atoms with Gasteiger partial charge in [0.1, 0.15) is 5.69 Å². The van der Waals surface area contributed by atoms with Crippen molar-refractivity contribution in [2.45, 2.75) is 19.3 Å². The van der Waals surface area contributed by atoms with Crippen LogP contribution in [0.3, 0.4) is 0 Å². The molecule has 0 radical (unpaired) electrons. The topological polar surface area (TPSA) is 70.5 Å². The number of benzene rings is 1. The van der Waals surface area contributed by atoms with Crippen molar-refractivity contribution in [2.75, 3.05) is 13.1 Å². The summed E-state index contributed by atoms with van der Waals surface area (Å²) in [6.45, 7) is 1.25. The van der Waals surface area contributed by atoms with Gasteiger partial charge in [-0.25, -0.2) is 4.79 Å². The van der Waals surface area contributed by atoms with Gasteiger partial charge in [-0.1, -0.05) is 23.7 Å². The zero-order valence-electron chi connectivity index (χ0n) is 13.7. The number of pyridine rings is 1. The number of aromatic nitrogens is 1. The normalized spacial score (nSPS) is 13.5. The zero-order chi connectivity index (χ0) is 17.8. The van der Waals surface area contributed by atoms with Crippen molar-refractivity contribution >= 4 is 23.5 Å². The molecule has 0 spiro atoms. The molecule has 1 saturated carbocycles. The number of carboxylic acids is 1. The molecule has 1 aromatic carbocycles. The van der Waals surface area contributed by atoms with E-state index in [0.717, 1.165) is 18.4 Å². The van der Waals surface area contributed by atoms with Crippen LogP contribution in [0.25, 0.3) is 0 Å². The summed E-state index contributed by atoms with van der Waals surface area (Å²) in [6, 6.07) is 10.3. The van der Waals surface area contributed by atoms with Crippen LogP contribution in [0.1, 0.15) is 39.3 Å². The van der Waals surface area contributed by atoms with Gasteiger partial charge < -0.3 is 10.0 Å². The average molecular weight is 359 g/mol. The van der Waals surface area contributed by atoms with Gasteiger partial charge in [0.2, 0.25) is 0 Å². The molecule has 2 aromatic rings. The molecule has 0 atom stereocenters. The molecule has 0 aliphatic heterocycles. The van der Waals surface area contributed by atoms with Crippen molar-refractivity contribution in [2.24, 2.45) is 5.92 Å². The van der Waals surface area contributed by atoms with E-state index in [1.807, 2.05) is 24.3 Å².